The molecule has 2 heterocycles. The fourth-order valence-corrected chi connectivity index (χ4v) is 3.99. The second-order valence-electron chi connectivity index (χ2n) is 7.12. The van der Waals surface area contributed by atoms with Crippen LogP contribution in [-0.4, -0.2) is 20.9 Å². The fourth-order valence-electron chi connectivity index (χ4n) is 3.99. The number of pyridine rings is 1. The van der Waals surface area contributed by atoms with Crippen LogP contribution in [0.4, 0.5) is 0 Å². The number of amides is 1. The first kappa shape index (κ1) is 16.2. The zero-order valence-corrected chi connectivity index (χ0v) is 14.4. The first-order valence-corrected chi connectivity index (χ1v) is 9.38. The van der Waals surface area contributed by atoms with Crippen LogP contribution in [0, 0.1) is 5.92 Å². The topological polar surface area (TPSA) is 67.8 Å². The summed E-state index contributed by atoms with van der Waals surface area (Å²) in [6.07, 6.45) is 14.1. The zero-order chi connectivity index (χ0) is 17.1. The van der Waals surface area contributed by atoms with Crippen molar-refractivity contribution in [3.63, 3.8) is 0 Å². The second-order valence-corrected chi connectivity index (χ2v) is 7.12. The molecule has 0 spiro atoms. The van der Waals surface area contributed by atoms with Gasteiger partial charge in [0.2, 0.25) is 5.91 Å². The third kappa shape index (κ3) is 3.55. The number of aromatic nitrogens is 3. The average molecular weight is 336 g/mol. The molecule has 0 bridgehead atoms. The molecule has 1 atom stereocenters. The maximum atomic E-state index is 12.6. The molecule has 2 aliphatic carbocycles. The highest BCUT2D eigenvalue weighted by Gasteiger charge is 2.27. The predicted octanol–water partition coefficient (Wildman–Crippen LogP) is 3.61. The van der Waals surface area contributed by atoms with E-state index in [1.165, 1.54) is 19.3 Å². The molecule has 1 N–H and O–H groups in total. The normalized spacial score (nSPS) is 20.7. The molecule has 25 heavy (non-hydrogen) atoms. The summed E-state index contributed by atoms with van der Waals surface area (Å²) in [5, 5.41) is 3.28. The molecule has 2 aliphatic rings. The summed E-state index contributed by atoms with van der Waals surface area (Å²) in [6, 6.07) is 3.91. The Bertz CT molecular complexity index is 741. The van der Waals surface area contributed by atoms with E-state index in [2.05, 4.69) is 15.3 Å². The smallest absolute Gasteiger partial charge is 0.223 e. The van der Waals surface area contributed by atoms with Crippen molar-refractivity contribution in [2.45, 2.75) is 57.4 Å². The molecule has 4 rings (SSSR count). The monoisotopic (exact) mass is 336 g/mol. The van der Waals surface area contributed by atoms with Gasteiger partial charge in [0, 0.05) is 41.3 Å². The lowest BCUT2D eigenvalue weighted by Gasteiger charge is -2.28. The number of carbonyl (C=O) groups is 1. The highest BCUT2D eigenvalue weighted by molar-refractivity contribution is 5.79. The summed E-state index contributed by atoms with van der Waals surface area (Å²) in [4.78, 5) is 26.0. The van der Waals surface area contributed by atoms with Crippen LogP contribution in [0.2, 0.25) is 0 Å². The molecular formula is C20H24N4O. The average Bonchev–Trinajstić information content (AvgIpc) is 2.69. The number of aryl methyl sites for hydroxylation is 1. The lowest BCUT2D eigenvalue weighted by molar-refractivity contribution is -0.126. The van der Waals surface area contributed by atoms with Gasteiger partial charge in [0.1, 0.15) is 0 Å². The van der Waals surface area contributed by atoms with Gasteiger partial charge in [0.05, 0.1) is 6.04 Å². The Hall–Kier alpha value is -2.30. The second kappa shape index (κ2) is 7.30. The van der Waals surface area contributed by atoms with E-state index in [9.17, 15) is 4.79 Å². The molecule has 5 nitrogen and oxygen atoms in total. The van der Waals surface area contributed by atoms with Crippen LogP contribution in [-0.2, 0) is 11.2 Å². The zero-order valence-electron chi connectivity index (χ0n) is 14.4. The molecule has 0 aliphatic heterocycles. The van der Waals surface area contributed by atoms with Crippen molar-refractivity contribution in [1.82, 2.24) is 20.3 Å². The molecule has 5 heteroatoms. The van der Waals surface area contributed by atoms with E-state index in [0.717, 1.165) is 54.7 Å². The van der Waals surface area contributed by atoms with E-state index in [0.29, 0.717) is 0 Å². The Morgan fingerprint density at radius 1 is 1.04 bits per heavy atom. The van der Waals surface area contributed by atoms with Crippen molar-refractivity contribution in [2.24, 2.45) is 5.92 Å². The molecule has 0 saturated heterocycles. The maximum Gasteiger partial charge on any atom is 0.223 e. The minimum atomic E-state index is 0.0599. The van der Waals surface area contributed by atoms with Gasteiger partial charge in [-0.05, 0) is 44.2 Å². The van der Waals surface area contributed by atoms with Crippen LogP contribution in [0.5, 0.6) is 0 Å². The number of carbonyl (C=O) groups excluding carboxylic acids is 1. The molecule has 0 aromatic carbocycles. The van der Waals surface area contributed by atoms with Gasteiger partial charge >= 0.3 is 0 Å². The van der Waals surface area contributed by atoms with Crippen molar-refractivity contribution in [2.75, 3.05) is 0 Å². The van der Waals surface area contributed by atoms with Crippen LogP contribution in [0.15, 0.2) is 30.7 Å². The number of nitrogens with one attached hydrogen (secondary N) is 1. The molecule has 1 fully saturated rings. The maximum absolute atomic E-state index is 12.6. The Balaban J connectivity index is 1.52. The van der Waals surface area contributed by atoms with Gasteiger partial charge in [-0.1, -0.05) is 19.3 Å². The number of rotatable bonds is 3. The summed E-state index contributed by atoms with van der Waals surface area (Å²) in [7, 11) is 0. The van der Waals surface area contributed by atoms with Crippen LogP contribution in [0.25, 0.3) is 11.4 Å². The number of hydrogen-bond acceptors (Lipinski definition) is 4. The van der Waals surface area contributed by atoms with Crippen molar-refractivity contribution >= 4 is 5.91 Å². The third-order valence-electron chi connectivity index (χ3n) is 5.41. The standard InChI is InChI=1S/C20H24N4O/c25-20(15-5-2-1-3-6-15)24-18-8-4-7-17-16(18)13-22-19(23-17)14-9-11-21-12-10-14/h9-13,15,18H,1-8H2,(H,24,25)/t18-/m1/s1. The van der Waals surface area contributed by atoms with Gasteiger partial charge in [-0.25, -0.2) is 9.97 Å². The number of hydrogen-bond donors (Lipinski definition) is 1. The van der Waals surface area contributed by atoms with Crippen molar-refractivity contribution < 1.29 is 4.79 Å². The number of fused-ring (bicyclic) bond motifs is 1. The molecule has 0 radical (unpaired) electrons. The quantitative estimate of drug-likeness (QED) is 0.929. The molecule has 1 amide bonds. The fraction of sp³-hybridized carbons (Fsp3) is 0.500. The molecule has 0 unspecified atom stereocenters. The minimum absolute atomic E-state index is 0.0599. The van der Waals surface area contributed by atoms with Crippen molar-refractivity contribution in [1.29, 1.82) is 0 Å². The lowest BCUT2D eigenvalue weighted by atomic mass is 9.87. The van der Waals surface area contributed by atoms with Crippen molar-refractivity contribution in [3.8, 4) is 11.4 Å². The summed E-state index contributed by atoms with van der Waals surface area (Å²) in [6.45, 7) is 0. The van der Waals surface area contributed by atoms with Gasteiger partial charge in [0.25, 0.3) is 0 Å². The highest BCUT2D eigenvalue weighted by atomic mass is 16.1. The first-order chi connectivity index (χ1) is 12.3. The van der Waals surface area contributed by atoms with E-state index in [4.69, 9.17) is 4.98 Å². The third-order valence-corrected chi connectivity index (χ3v) is 5.41. The SMILES string of the molecule is O=C(N[C@@H]1CCCc2nc(-c3ccncc3)ncc21)C1CCCCC1. The Morgan fingerprint density at radius 2 is 1.84 bits per heavy atom. The van der Waals surface area contributed by atoms with E-state index in [1.54, 1.807) is 12.4 Å². The Morgan fingerprint density at radius 3 is 2.64 bits per heavy atom. The van der Waals surface area contributed by atoms with Crippen molar-refractivity contribution in [3.05, 3.63) is 42.0 Å². The lowest BCUT2D eigenvalue weighted by Crippen LogP contribution is -2.36. The highest BCUT2D eigenvalue weighted by Crippen LogP contribution is 2.31. The van der Waals surface area contributed by atoms with E-state index < -0.39 is 0 Å². The largest absolute Gasteiger partial charge is 0.349 e. The Labute approximate surface area is 148 Å². The van der Waals surface area contributed by atoms with Crippen LogP contribution in [0.3, 0.4) is 0 Å². The molecule has 2 aromatic heterocycles. The van der Waals surface area contributed by atoms with E-state index >= 15 is 0 Å². The summed E-state index contributed by atoms with van der Waals surface area (Å²) in [5.74, 6) is 1.15. The molecule has 130 valence electrons. The van der Waals surface area contributed by atoms with Gasteiger partial charge in [0.15, 0.2) is 5.82 Å². The number of nitrogens with zero attached hydrogens (tertiary/aromatic N) is 3. The van der Waals surface area contributed by atoms with Gasteiger partial charge < -0.3 is 5.32 Å². The summed E-state index contributed by atoms with van der Waals surface area (Å²) < 4.78 is 0. The Kier molecular flexibility index (Phi) is 4.72. The minimum Gasteiger partial charge on any atom is -0.349 e. The van der Waals surface area contributed by atoms with Crippen LogP contribution >= 0.6 is 0 Å². The van der Waals surface area contributed by atoms with Crippen LogP contribution in [0.1, 0.15) is 62.2 Å². The van der Waals surface area contributed by atoms with E-state index in [-0.39, 0.29) is 17.9 Å². The van der Waals surface area contributed by atoms with Gasteiger partial charge in [-0.15, -0.1) is 0 Å². The predicted molar refractivity (Wildman–Crippen MR) is 95.7 cm³/mol. The molecular weight excluding hydrogens is 312 g/mol. The molecule has 2 aromatic rings. The summed E-state index contributed by atoms with van der Waals surface area (Å²) in [5.41, 5.74) is 3.14. The van der Waals surface area contributed by atoms with Gasteiger partial charge in [-0.2, -0.15) is 0 Å². The first-order valence-electron chi connectivity index (χ1n) is 9.38. The summed E-state index contributed by atoms with van der Waals surface area (Å²) >= 11 is 0. The van der Waals surface area contributed by atoms with E-state index in [1.807, 2.05) is 18.3 Å². The van der Waals surface area contributed by atoms with Gasteiger partial charge in [-0.3, -0.25) is 9.78 Å². The van der Waals surface area contributed by atoms with Crippen LogP contribution < -0.4 is 5.32 Å². The molecule has 1 saturated carbocycles.